The molecule has 0 aliphatic rings. The van der Waals surface area contributed by atoms with Crippen molar-refractivity contribution in [1.82, 2.24) is 0 Å². The zero-order chi connectivity index (χ0) is 12.0. The smallest absolute Gasteiger partial charge is 0.493 e. The molecule has 0 unspecified atom stereocenters. The Balaban J connectivity index is 2.52. The van der Waals surface area contributed by atoms with E-state index in [2.05, 4.69) is 4.74 Å². The minimum atomic E-state index is -4.69. The average molecular weight is 231 g/mol. The summed E-state index contributed by atoms with van der Waals surface area (Å²) in [6.45, 7) is 0.204. The van der Waals surface area contributed by atoms with E-state index < -0.39 is 6.36 Å². The number of halogens is 3. The van der Waals surface area contributed by atoms with E-state index in [4.69, 9.17) is 10.00 Å². The molecular weight excluding hydrogens is 223 g/mol. The van der Waals surface area contributed by atoms with Gasteiger partial charge in [0.1, 0.15) is 18.1 Å². The quantitative estimate of drug-likeness (QED) is 0.748. The first kappa shape index (κ1) is 12.2. The van der Waals surface area contributed by atoms with Crippen LogP contribution in [0.25, 0.3) is 0 Å². The molecular formula is C10H8F3NO2. The molecule has 1 aromatic rings. The summed E-state index contributed by atoms with van der Waals surface area (Å²) in [5.41, 5.74) is 0. The van der Waals surface area contributed by atoms with Crippen molar-refractivity contribution in [3.8, 4) is 17.6 Å². The molecule has 0 atom stereocenters. The first-order valence-corrected chi connectivity index (χ1v) is 4.37. The third kappa shape index (κ3) is 4.55. The van der Waals surface area contributed by atoms with Gasteiger partial charge in [-0.05, 0) is 24.3 Å². The molecule has 16 heavy (non-hydrogen) atoms. The fourth-order valence-electron chi connectivity index (χ4n) is 0.952. The van der Waals surface area contributed by atoms with Gasteiger partial charge in [-0.1, -0.05) is 0 Å². The lowest BCUT2D eigenvalue weighted by atomic mass is 10.3. The first-order valence-electron chi connectivity index (χ1n) is 4.37. The second-order valence-corrected chi connectivity index (χ2v) is 2.78. The van der Waals surface area contributed by atoms with Gasteiger partial charge in [0.25, 0.3) is 0 Å². The second-order valence-electron chi connectivity index (χ2n) is 2.78. The Morgan fingerprint density at radius 1 is 1.12 bits per heavy atom. The van der Waals surface area contributed by atoms with E-state index in [1.54, 1.807) is 0 Å². The molecule has 0 aliphatic heterocycles. The van der Waals surface area contributed by atoms with Gasteiger partial charge in [-0.15, -0.1) is 13.2 Å². The Hall–Kier alpha value is -1.90. The van der Waals surface area contributed by atoms with Crippen LogP contribution in [0.5, 0.6) is 11.5 Å². The summed E-state index contributed by atoms with van der Waals surface area (Å²) < 4.78 is 44.1. The Labute approximate surface area is 90.0 Å². The highest BCUT2D eigenvalue weighted by molar-refractivity contribution is 5.31. The Morgan fingerprint density at radius 3 is 2.19 bits per heavy atom. The van der Waals surface area contributed by atoms with Crippen molar-refractivity contribution in [2.45, 2.75) is 12.8 Å². The zero-order valence-electron chi connectivity index (χ0n) is 8.12. The molecule has 0 aliphatic carbocycles. The summed E-state index contributed by atoms with van der Waals surface area (Å²) >= 11 is 0. The van der Waals surface area contributed by atoms with E-state index in [0.717, 1.165) is 12.1 Å². The van der Waals surface area contributed by atoms with Crippen LogP contribution in [0.2, 0.25) is 0 Å². The lowest BCUT2D eigenvalue weighted by molar-refractivity contribution is -0.274. The van der Waals surface area contributed by atoms with Crippen molar-refractivity contribution in [1.29, 1.82) is 5.26 Å². The highest BCUT2D eigenvalue weighted by atomic mass is 19.4. The van der Waals surface area contributed by atoms with Crippen LogP contribution in [-0.4, -0.2) is 13.0 Å². The summed E-state index contributed by atoms with van der Waals surface area (Å²) in [5, 5.41) is 8.24. The second kappa shape index (κ2) is 5.26. The van der Waals surface area contributed by atoms with Crippen LogP contribution in [-0.2, 0) is 0 Å². The van der Waals surface area contributed by atoms with Crippen molar-refractivity contribution in [3.05, 3.63) is 24.3 Å². The molecule has 0 saturated carbocycles. The fourth-order valence-corrected chi connectivity index (χ4v) is 0.952. The number of alkyl halides is 3. The minimum Gasteiger partial charge on any atom is -0.493 e. The molecule has 0 N–H and O–H groups in total. The van der Waals surface area contributed by atoms with Gasteiger partial charge in [0.05, 0.1) is 12.5 Å². The van der Waals surface area contributed by atoms with E-state index in [-0.39, 0.29) is 18.8 Å². The van der Waals surface area contributed by atoms with Gasteiger partial charge >= 0.3 is 6.36 Å². The van der Waals surface area contributed by atoms with Crippen molar-refractivity contribution < 1.29 is 22.6 Å². The zero-order valence-corrected chi connectivity index (χ0v) is 8.12. The Morgan fingerprint density at radius 2 is 1.69 bits per heavy atom. The maximum atomic E-state index is 11.8. The number of benzene rings is 1. The number of hydrogen-bond donors (Lipinski definition) is 0. The molecule has 0 radical (unpaired) electrons. The highest BCUT2D eigenvalue weighted by Gasteiger charge is 2.30. The molecule has 6 heteroatoms. The van der Waals surface area contributed by atoms with Gasteiger partial charge in [0, 0.05) is 0 Å². The number of ether oxygens (including phenoxy) is 2. The number of rotatable bonds is 4. The average Bonchev–Trinajstić information content (AvgIpc) is 2.19. The molecule has 0 spiro atoms. The van der Waals surface area contributed by atoms with E-state index in [9.17, 15) is 13.2 Å². The van der Waals surface area contributed by atoms with E-state index in [1.165, 1.54) is 12.1 Å². The Bertz CT molecular complexity index is 367. The molecule has 0 aromatic heterocycles. The predicted molar refractivity (Wildman–Crippen MR) is 48.9 cm³/mol. The van der Waals surface area contributed by atoms with Crippen LogP contribution < -0.4 is 9.47 Å². The van der Waals surface area contributed by atoms with Crippen LogP contribution in [0, 0.1) is 11.3 Å². The fraction of sp³-hybridized carbons (Fsp3) is 0.300. The summed E-state index contributed by atoms with van der Waals surface area (Å²) in [5.74, 6) is 0.0879. The molecule has 0 saturated heterocycles. The van der Waals surface area contributed by atoms with E-state index in [0.29, 0.717) is 5.75 Å². The third-order valence-corrected chi connectivity index (χ3v) is 1.54. The topological polar surface area (TPSA) is 42.2 Å². The predicted octanol–water partition coefficient (Wildman–Crippen LogP) is 2.88. The van der Waals surface area contributed by atoms with Gasteiger partial charge in [-0.25, -0.2) is 0 Å². The van der Waals surface area contributed by atoms with Crippen molar-refractivity contribution >= 4 is 0 Å². The van der Waals surface area contributed by atoms with Crippen LogP contribution >= 0.6 is 0 Å². The monoisotopic (exact) mass is 231 g/mol. The molecule has 1 aromatic carbocycles. The maximum absolute atomic E-state index is 11.8. The summed E-state index contributed by atoms with van der Waals surface area (Å²) in [4.78, 5) is 0. The van der Waals surface area contributed by atoms with Gasteiger partial charge in [0.2, 0.25) is 0 Å². The van der Waals surface area contributed by atoms with E-state index in [1.807, 2.05) is 6.07 Å². The van der Waals surface area contributed by atoms with Gasteiger partial charge in [0.15, 0.2) is 0 Å². The number of hydrogen-bond acceptors (Lipinski definition) is 3. The van der Waals surface area contributed by atoms with Gasteiger partial charge in [-0.3, -0.25) is 0 Å². The molecule has 0 bridgehead atoms. The van der Waals surface area contributed by atoms with Crippen LogP contribution in [0.15, 0.2) is 24.3 Å². The van der Waals surface area contributed by atoms with Crippen molar-refractivity contribution in [2.75, 3.05) is 6.61 Å². The molecule has 0 fully saturated rings. The SMILES string of the molecule is N#CCCOc1ccc(OC(F)(F)F)cc1. The molecule has 3 nitrogen and oxygen atoms in total. The molecule has 0 amide bonds. The van der Waals surface area contributed by atoms with Gasteiger partial charge in [-0.2, -0.15) is 5.26 Å². The maximum Gasteiger partial charge on any atom is 0.573 e. The largest absolute Gasteiger partial charge is 0.573 e. The first-order chi connectivity index (χ1) is 7.51. The number of nitriles is 1. The third-order valence-electron chi connectivity index (χ3n) is 1.54. The molecule has 86 valence electrons. The minimum absolute atomic E-state index is 0.204. The van der Waals surface area contributed by atoms with Crippen LogP contribution in [0.3, 0.4) is 0 Å². The molecule has 1 rings (SSSR count). The molecule has 0 heterocycles. The van der Waals surface area contributed by atoms with Crippen molar-refractivity contribution in [3.63, 3.8) is 0 Å². The summed E-state index contributed by atoms with van der Waals surface area (Å²) in [6, 6.07) is 6.87. The van der Waals surface area contributed by atoms with Crippen molar-refractivity contribution in [2.24, 2.45) is 0 Å². The number of nitrogens with zero attached hydrogens (tertiary/aromatic N) is 1. The van der Waals surface area contributed by atoms with Crippen LogP contribution in [0.1, 0.15) is 6.42 Å². The lowest BCUT2D eigenvalue weighted by Gasteiger charge is -2.09. The van der Waals surface area contributed by atoms with E-state index >= 15 is 0 Å². The normalized spacial score (nSPS) is 10.6. The lowest BCUT2D eigenvalue weighted by Crippen LogP contribution is -2.16. The van der Waals surface area contributed by atoms with Crippen LogP contribution in [0.4, 0.5) is 13.2 Å². The summed E-state index contributed by atoms with van der Waals surface area (Å²) in [7, 11) is 0. The highest BCUT2D eigenvalue weighted by Crippen LogP contribution is 2.24. The van der Waals surface area contributed by atoms with Gasteiger partial charge < -0.3 is 9.47 Å². The summed E-state index contributed by atoms with van der Waals surface area (Å²) in [6.07, 6.45) is -4.47. The Kier molecular flexibility index (Phi) is 4.00. The standard InChI is InChI=1S/C10H8F3NO2/c11-10(12,13)16-9-4-2-8(3-5-9)15-7-1-6-14/h2-5H,1,7H2.